The molecule has 0 aliphatic carbocycles. The lowest BCUT2D eigenvalue weighted by molar-refractivity contribution is 0.171. The van der Waals surface area contributed by atoms with Crippen molar-refractivity contribution >= 4 is 23.7 Å². The van der Waals surface area contributed by atoms with Gasteiger partial charge in [0.2, 0.25) is 0 Å². The van der Waals surface area contributed by atoms with Crippen LogP contribution in [0.5, 0.6) is 11.5 Å². The number of hydrogen-bond donors (Lipinski definition) is 3. The number of benzene rings is 1. The van der Waals surface area contributed by atoms with E-state index in [1.54, 1.807) is 13.3 Å². The Hall–Kier alpha value is -3.85. The molecule has 2 heterocycles. The molecule has 9 heteroatoms. The van der Waals surface area contributed by atoms with E-state index in [1.165, 1.54) is 11.9 Å². The summed E-state index contributed by atoms with van der Waals surface area (Å²) in [4.78, 5) is 8.77. The molecule has 3 rings (SSSR count). The molecule has 0 spiro atoms. The summed E-state index contributed by atoms with van der Waals surface area (Å²) in [7, 11) is 1.68. The average molecular weight is 495 g/mol. The van der Waals surface area contributed by atoms with Crippen molar-refractivity contribution < 1.29 is 14.2 Å². The van der Waals surface area contributed by atoms with Gasteiger partial charge < -0.3 is 25.3 Å². The van der Waals surface area contributed by atoms with E-state index in [-0.39, 0.29) is 0 Å². The first-order valence-corrected chi connectivity index (χ1v) is 12.2. The Kier molecular flexibility index (Phi) is 13.2. The zero-order valence-electron chi connectivity index (χ0n) is 21.7. The lowest BCUT2D eigenvalue weighted by Gasteiger charge is -2.18. The highest BCUT2D eigenvalue weighted by atomic mass is 16.6. The van der Waals surface area contributed by atoms with Gasteiger partial charge in [-0.2, -0.15) is 5.10 Å². The molecule has 1 aliphatic rings. The second-order valence-corrected chi connectivity index (χ2v) is 7.37. The lowest BCUT2D eigenvalue weighted by Crippen LogP contribution is -2.21. The summed E-state index contributed by atoms with van der Waals surface area (Å²) in [5, 5.41) is 7.58. The second kappa shape index (κ2) is 16.7. The number of amidine groups is 1. The minimum Gasteiger partial charge on any atom is -0.486 e. The summed E-state index contributed by atoms with van der Waals surface area (Å²) in [5.41, 5.74) is 11.7. The number of anilines is 1. The van der Waals surface area contributed by atoms with E-state index in [2.05, 4.69) is 44.9 Å². The van der Waals surface area contributed by atoms with Crippen LogP contribution in [0.25, 0.3) is 0 Å². The quantitative estimate of drug-likeness (QED) is 0.168. The first-order chi connectivity index (χ1) is 17.7. The minimum atomic E-state index is 0.297. The van der Waals surface area contributed by atoms with Crippen molar-refractivity contribution in [2.45, 2.75) is 33.6 Å². The van der Waals surface area contributed by atoms with Crippen LogP contribution in [0.15, 0.2) is 70.4 Å². The van der Waals surface area contributed by atoms with Gasteiger partial charge in [-0.3, -0.25) is 5.43 Å². The summed E-state index contributed by atoms with van der Waals surface area (Å²) in [6.45, 7) is 8.46. The molecule has 0 unspecified atom stereocenters. The number of hydrogen-bond acceptors (Lipinski definition) is 7. The second-order valence-electron chi connectivity index (χ2n) is 7.37. The Balaban J connectivity index is 0.00000222. The van der Waals surface area contributed by atoms with Crippen molar-refractivity contribution in [3.05, 3.63) is 65.9 Å². The summed E-state index contributed by atoms with van der Waals surface area (Å²) in [5.74, 6) is 2.36. The number of fused-ring (bicyclic) bond motifs is 1. The fourth-order valence-electron chi connectivity index (χ4n) is 3.24. The summed E-state index contributed by atoms with van der Waals surface area (Å²) in [6.07, 6.45) is 11.3. The molecule has 4 N–H and O–H groups in total. The molecule has 0 bridgehead atoms. The van der Waals surface area contributed by atoms with Gasteiger partial charge in [-0.25, -0.2) is 9.98 Å². The fraction of sp³-hybridized carbons (Fsp3) is 0.370. The number of aliphatic imine (C=N–C) groups is 1. The van der Waals surface area contributed by atoms with E-state index < -0.39 is 0 Å². The number of rotatable bonds is 12. The Bertz CT molecular complexity index is 1050. The first-order valence-electron chi connectivity index (χ1n) is 12.2. The van der Waals surface area contributed by atoms with Crippen LogP contribution in [-0.2, 0) is 4.74 Å². The molecule has 2 aromatic rings. The largest absolute Gasteiger partial charge is 0.486 e. The maximum absolute atomic E-state index is 6.21. The molecule has 1 aromatic heterocycles. The summed E-state index contributed by atoms with van der Waals surface area (Å²) in [6, 6.07) is 9.18. The first kappa shape index (κ1) is 28.4. The van der Waals surface area contributed by atoms with E-state index in [0.717, 1.165) is 18.6 Å². The Morgan fingerprint density at radius 1 is 1.17 bits per heavy atom. The molecule has 0 saturated heterocycles. The maximum Gasteiger partial charge on any atom is 0.163 e. The Labute approximate surface area is 214 Å². The van der Waals surface area contributed by atoms with Crippen LogP contribution in [0.3, 0.4) is 0 Å². The van der Waals surface area contributed by atoms with Gasteiger partial charge >= 0.3 is 0 Å². The minimum absolute atomic E-state index is 0.297. The normalized spacial score (nSPS) is 13.4. The highest BCUT2D eigenvalue weighted by Gasteiger charge is 2.11. The van der Waals surface area contributed by atoms with Crippen LogP contribution < -0.4 is 25.9 Å². The number of hydrazone groups is 1. The average Bonchev–Trinajstić information content (AvgIpc) is 2.93. The zero-order chi connectivity index (χ0) is 26.0. The van der Waals surface area contributed by atoms with Crippen LogP contribution in [0.1, 0.15) is 39.2 Å². The predicted octanol–water partition coefficient (Wildman–Crippen LogP) is 4.79. The molecule has 0 atom stereocenters. The molecule has 1 aliphatic heterocycles. The van der Waals surface area contributed by atoms with Crippen LogP contribution in [-0.4, -0.2) is 50.6 Å². The topological polar surface area (TPSA) is 115 Å². The van der Waals surface area contributed by atoms with Crippen molar-refractivity contribution in [1.82, 2.24) is 10.4 Å². The number of nitrogens with one attached hydrogen (secondary N) is 2. The standard InChI is InChI=1S/C25H32N6O3.C2H6/c1-3-7-19(8-4-5-13-32-2)17-28-25-21(9-6-12-27-25)24(26)31-30-18-29-20-10-11-22-23(16-20)34-15-14-33-22;1-2/h4-7,9-12,16,18H,3,8,13-15,17H2,1-2H3,(H2,26,31)(H,27,28)(H,29,30);1-2H3/b5-4-,19-7+;. The smallest absolute Gasteiger partial charge is 0.163 e. The van der Waals surface area contributed by atoms with E-state index in [1.807, 2.05) is 50.3 Å². The molecular weight excluding hydrogens is 456 g/mol. The SMILES string of the molecule is CC.CC/C=C(\C/C=C\COC)CNc1ncccc1/C(N)=N/NC=Nc1ccc2c(c1)OCCO2. The van der Waals surface area contributed by atoms with Gasteiger partial charge in [0.1, 0.15) is 25.4 Å². The van der Waals surface area contributed by atoms with Crippen LogP contribution in [0.2, 0.25) is 0 Å². The maximum atomic E-state index is 6.21. The summed E-state index contributed by atoms with van der Waals surface area (Å²) < 4.78 is 16.1. The Morgan fingerprint density at radius 2 is 1.97 bits per heavy atom. The number of aromatic nitrogens is 1. The Morgan fingerprint density at radius 3 is 2.75 bits per heavy atom. The van der Waals surface area contributed by atoms with Crippen molar-refractivity contribution in [1.29, 1.82) is 0 Å². The highest BCUT2D eigenvalue weighted by molar-refractivity contribution is 6.01. The van der Waals surface area contributed by atoms with Gasteiger partial charge in [-0.1, -0.05) is 44.6 Å². The van der Waals surface area contributed by atoms with Crippen molar-refractivity contribution in [3.63, 3.8) is 0 Å². The molecule has 0 amide bonds. The molecule has 0 saturated carbocycles. The highest BCUT2D eigenvalue weighted by Crippen LogP contribution is 2.33. The van der Waals surface area contributed by atoms with Crippen molar-refractivity contribution in [2.24, 2.45) is 15.8 Å². The molecule has 9 nitrogen and oxygen atoms in total. The number of allylic oxidation sites excluding steroid dienone is 2. The van der Waals surface area contributed by atoms with Gasteiger partial charge in [-0.05, 0) is 37.1 Å². The number of ether oxygens (including phenoxy) is 3. The van der Waals surface area contributed by atoms with Gasteiger partial charge in [0.25, 0.3) is 0 Å². The van der Waals surface area contributed by atoms with E-state index in [4.69, 9.17) is 19.9 Å². The molecular formula is C27H38N6O3. The van der Waals surface area contributed by atoms with Crippen molar-refractivity contribution in [2.75, 3.05) is 38.8 Å². The molecule has 194 valence electrons. The monoisotopic (exact) mass is 494 g/mol. The molecule has 36 heavy (non-hydrogen) atoms. The number of nitrogens with two attached hydrogens (primary N) is 1. The third-order valence-corrected chi connectivity index (χ3v) is 4.85. The van der Waals surface area contributed by atoms with Crippen LogP contribution >= 0.6 is 0 Å². The predicted molar refractivity (Wildman–Crippen MR) is 148 cm³/mol. The molecule has 0 radical (unpaired) electrons. The third-order valence-electron chi connectivity index (χ3n) is 4.85. The van der Waals surface area contributed by atoms with E-state index in [9.17, 15) is 0 Å². The van der Waals surface area contributed by atoms with Gasteiger partial charge in [-0.15, -0.1) is 0 Å². The lowest BCUT2D eigenvalue weighted by atomic mass is 10.1. The van der Waals surface area contributed by atoms with Gasteiger partial charge in [0, 0.05) is 25.9 Å². The zero-order valence-corrected chi connectivity index (χ0v) is 21.7. The van der Waals surface area contributed by atoms with Crippen molar-refractivity contribution in [3.8, 4) is 11.5 Å². The van der Waals surface area contributed by atoms with Gasteiger partial charge in [0.15, 0.2) is 17.3 Å². The molecule has 1 aromatic carbocycles. The van der Waals surface area contributed by atoms with E-state index >= 15 is 0 Å². The number of pyridine rings is 1. The number of methoxy groups -OCH3 is 1. The third kappa shape index (κ3) is 9.42. The van der Waals surface area contributed by atoms with Gasteiger partial charge in [0.05, 0.1) is 17.9 Å². The molecule has 0 fully saturated rings. The number of nitrogens with zero attached hydrogens (tertiary/aromatic N) is 3. The fourth-order valence-corrected chi connectivity index (χ4v) is 3.24. The van der Waals surface area contributed by atoms with E-state index in [0.29, 0.717) is 55.0 Å². The van der Waals surface area contributed by atoms with Crippen LogP contribution in [0.4, 0.5) is 11.5 Å². The summed E-state index contributed by atoms with van der Waals surface area (Å²) >= 11 is 0. The van der Waals surface area contributed by atoms with Crippen LogP contribution in [0, 0.1) is 0 Å².